The second-order valence-corrected chi connectivity index (χ2v) is 7.48. The van der Waals surface area contributed by atoms with Crippen molar-refractivity contribution in [3.05, 3.63) is 70.0 Å². The summed E-state index contributed by atoms with van der Waals surface area (Å²) in [4.78, 5) is 31.1. The molecule has 148 valence electrons. The summed E-state index contributed by atoms with van der Waals surface area (Å²) in [6, 6.07) is 13.2. The molecule has 1 aromatic heterocycles. The Morgan fingerprint density at radius 3 is 2.28 bits per heavy atom. The first-order valence-corrected chi connectivity index (χ1v) is 9.67. The highest BCUT2D eigenvalue weighted by Crippen LogP contribution is 2.33. The molecule has 1 N–H and O–H groups in total. The van der Waals surface area contributed by atoms with Gasteiger partial charge in [0.15, 0.2) is 5.82 Å². The number of nitrogens with zero attached hydrogens (tertiary/aromatic N) is 3. The van der Waals surface area contributed by atoms with Crippen LogP contribution in [0, 0.1) is 0 Å². The van der Waals surface area contributed by atoms with E-state index in [-0.39, 0.29) is 24.2 Å². The number of urea groups is 1. The summed E-state index contributed by atoms with van der Waals surface area (Å²) in [6.07, 6.45) is 0.387. The van der Waals surface area contributed by atoms with E-state index in [4.69, 9.17) is 27.7 Å². The molecule has 0 aliphatic carbocycles. The van der Waals surface area contributed by atoms with Gasteiger partial charge in [-0.05, 0) is 48.4 Å². The van der Waals surface area contributed by atoms with E-state index >= 15 is 0 Å². The van der Waals surface area contributed by atoms with Crippen LogP contribution in [0.5, 0.6) is 0 Å². The fourth-order valence-electron chi connectivity index (χ4n) is 3.31. The Morgan fingerprint density at radius 2 is 1.66 bits per heavy atom. The predicted molar refractivity (Wildman–Crippen MR) is 107 cm³/mol. The van der Waals surface area contributed by atoms with Crippen LogP contribution in [0.15, 0.2) is 53.1 Å². The number of aromatic nitrogens is 2. The number of rotatable bonds is 5. The standard InChI is InChI=1S/C20H16Cl2N4O3/c1-2-20(13-5-9-15(22)10-6-13)18(27)26(19(28)24-20)11-16-23-17(29-25-16)12-3-7-14(21)8-4-12/h3-10H,2,11H2,1H3,(H,24,28). The van der Waals surface area contributed by atoms with E-state index in [2.05, 4.69) is 15.5 Å². The van der Waals surface area contributed by atoms with Gasteiger partial charge in [0.1, 0.15) is 5.54 Å². The highest BCUT2D eigenvalue weighted by Gasteiger charge is 2.51. The minimum Gasteiger partial charge on any atom is -0.334 e. The first kappa shape index (κ1) is 19.4. The van der Waals surface area contributed by atoms with Gasteiger partial charge in [0.05, 0.1) is 6.54 Å². The third-order valence-electron chi connectivity index (χ3n) is 4.90. The maximum absolute atomic E-state index is 13.2. The van der Waals surface area contributed by atoms with Gasteiger partial charge in [0, 0.05) is 15.6 Å². The van der Waals surface area contributed by atoms with E-state index in [1.807, 2.05) is 6.92 Å². The summed E-state index contributed by atoms with van der Waals surface area (Å²) in [5, 5.41) is 7.85. The molecule has 2 heterocycles. The maximum atomic E-state index is 13.2. The van der Waals surface area contributed by atoms with Crippen molar-refractivity contribution in [1.29, 1.82) is 0 Å². The summed E-state index contributed by atoms with van der Waals surface area (Å²) in [5.74, 6) is 0.134. The van der Waals surface area contributed by atoms with Gasteiger partial charge in [-0.3, -0.25) is 9.69 Å². The predicted octanol–water partition coefficient (Wildman–Crippen LogP) is 4.40. The van der Waals surface area contributed by atoms with Gasteiger partial charge in [-0.1, -0.05) is 47.4 Å². The Kier molecular flexibility index (Phi) is 5.02. The number of nitrogens with one attached hydrogen (secondary N) is 1. The average molecular weight is 431 g/mol. The number of halogens is 2. The van der Waals surface area contributed by atoms with Crippen LogP contribution in [0.3, 0.4) is 0 Å². The molecule has 29 heavy (non-hydrogen) atoms. The molecular weight excluding hydrogens is 415 g/mol. The van der Waals surface area contributed by atoms with Crippen molar-refractivity contribution in [2.24, 2.45) is 0 Å². The second-order valence-electron chi connectivity index (χ2n) is 6.61. The van der Waals surface area contributed by atoms with Crippen molar-refractivity contribution in [3.8, 4) is 11.5 Å². The summed E-state index contributed by atoms with van der Waals surface area (Å²) in [6.45, 7) is 1.74. The van der Waals surface area contributed by atoms with Crippen LogP contribution < -0.4 is 5.32 Å². The second kappa shape index (κ2) is 7.50. The van der Waals surface area contributed by atoms with E-state index in [1.54, 1.807) is 48.5 Å². The van der Waals surface area contributed by atoms with Gasteiger partial charge in [-0.25, -0.2) is 4.79 Å². The van der Waals surface area contributed by atoms with Crippen molar-refractivity contribution in [3.63, 3.8) is 0 Å². The minimum atomic E-state index is -1.15. The van der Waals surface area contributed by atoms with E-state index in [0.29, 0.717) is 27.6 Å². The van der Waals surface area contributed by atoms with Crippen LogP contribution in [0.1, 0.15) is 24.7 Å². The SMILES string of the molecule is CCC1(c2ccc(Cl)cc2)NC(=O)N(Cc2noc(-c3ccc(Cl)cc3)n2)C1=O. The molecule has 0 radical (unpaired) electrons. The monoisotopic (exact) mass is 430 g/mol. The van der Waals surface area contributed by atoms with Gasteiger partial charge < -0.3 is 9.84 Å². The van der Waals surface area contributed by atoms with Crippen molar-refractivity contribution in [2.75, 3.05) is 0 Å². The number of hydrogen-bond acceptors (Lipinski definition) is 5. The van der Waals surface area contributed by atoms with Crippen molar-refractivity contribution >= 4 is 35.1 Å². The molecular formula is C20H16Cl2N4O3. The van der Waals surface area contributed by atoms with Crippen molar-refractivity contribution in [1.82, 2.24) is 20.4 Å². The Bertz CT molecular complexity index is 1070. The Morgan fingerprint density at radius 1 is 1.03 bits per heavy atom. The molecule has 1 atom stereocenters. The summed E-state index contributed by atoms with van der Waals surface area (Å²) < 4.78 is 5.26. The van der Waals surface area contributed by atoms with Gasteiger partial charge in [-0.2, -0.15) is 4.98 Å². The molecule has 2 aromatic carbocycles. The first-order chi connectivity index (χ1) is 13.9. The minimum absolute atomic E-state index is 0.100. The lowest BCUT2D eigenvalue weighted by Gasteiger charge is -2.25. The molecule has 0 spiro atoms. The van der Waals surface area contributed by atoms with Gasteiger partial charge in [0.2, 0.25) is 0 Å². The maximum Gasteiger partial charge on any atom is 0.325 e. The third kappa shape index (κ3) is 3.47. The number of benzene rings is 2. The zero-order valence-corrected chi connectivity index (χ0v) is 16.9. The number of amides is 3. The zero-order valence-electron chi connectivity index (χ0n) is 15.4. The van der Waals surface area contributed by atoms with E-state index in [0.717, 1.165) is 4.90 Å². The molecule has 9 heteroatoms. The Balaban J connectivity index is 1.58. The van der Waals surface area contributed by atoms with Crippen LogP contribution in [0.2, 0.25) is 10.0 Å². The fraction of sp³-hybridized carbons (Fsp3) is 0.200. The molecule has 3 amide bonds. The number of imide groups is 1. The Hall–Kier alpha value is -2.90. The highest BCUT2D eigenvalue weighted by atomic mass is 35.5. The summed E-state index contributed by atoms with van der Waals surface area (Å²) in [5.41, 5.74) is 0.208. The van der Waals surface area contributed by atoms with Crippen LogP contribution in [-0.2, 0) is 16.9 Å². The molecule has 4 rings (SSSR count). The number of hydrogen-bond donors (Lipinski definition) is 1. The largest absolute Gasteiger partial charge is 0.334 e. The summed E-state index contributed by atoms with van der Waals surface area (Å²) in [7, 11) is 0. The van der Waals surface area contributed by atoms with Crippen LogP contribution >= 0.6 is 23.2 Å². The third-order valence-corrected chi connectivity index (χ3v) is 5.41. The normalized spacial score (nSPS) is 18.9. The smallest absolute Gasteiger partial charge is 0.325 e. The van der Waals surface area contributed by atoms with Crippen LogP contribution in [-0.4, -0.2) is 27.0 Å². The van der Waals surface area contributed by atoms with E-state index in [1.165, 1.54) is 0 Å². The van der Waals surface area contributed by atoms with E-state index < -0.39 is 11.6 Å². The summed E-state index contributed by atoms with van der Waals surface area (Å²) >= 11 is 11.8. The number of carbonyl (C=O) groups excluding carboxylic acids is 2. The quantitative estimate of drug-likeness (QED) is 0.605. The first-order valence-electron chi connectivity index (χ1n) is 8.91. The lowest BCUT2D eigenvalue weighted by molar-refractivity contribution is -0.132. The molecule has 1 unspecified atom stereocenters. The lowest BCUT2D eigenvalue weighted by atomic mass is 9.87. The average Bonchev–Trinajstić information content (AvgIpc) is 3.28. The topological polar surface area (TPSA) is 88.3 Å². The molecule has 1 aliphatic heterocycles. The number of carbonyl (C=O) groups is 2. The molecule has 3 aromatic rings. The highest BCUT2D eigenvalue weighted by molar-refractivity contribution is 6.30. The van der Waals surface area contributed by atoms with Crippen LogP contribution in [0.4, 0.5) is 4.79 Å². The van der Waals surface area contributed by atoms with Crippen molar-refractivity contribution in [2.45, 2.75) is 25.4 Å². The van der Waals surface area contributed by atoms with Gasteiger partial charge in [-0.15, -0.1) is 0 Å². The van der Waals surface area contributed by atoms with E-state index in [9.17, 15) is 9.59 Å². The lowest BCUT2D eigenvalue weighted by Crippen LogP contribution is -2.43. The molecule has 0 saturated carbocycles. The fourth-order valence-corrected chi connectivity index (χ4v) is 3.56. The Labute approximate surface area is 176 Å². The van der Waals surface area contributed by atoms with Gasteiger partial charge >= 0.3 is 6.03 Å². The van der Waals surface area contributed by atoms with Gasteiger partial charge in [0.25, 0.3) is 11.8 Å². The molecule has 7 nitrogen and oxygen atoms in total. The molecule has 0 bridgehead atoms. The molecule has 1 fully saturated rings. The zero-order chi connectivity index (χ0) is 20.6. The van der Waals surface area contributed by atoms with Crippen LogP contribution in [0.25, 0.3) is 11.5 Å². The molecule has 1 saturated heterocycles. The van der Waals surface area contributed by atoms with Crippen molar-refractivity contribution < 1.29 is 14.1 Å². The molecule has 1 aliphatic rings.